The molecule has 0 aliphatic heterocycles. The molecule has 7 nitrogen and oxygen atoms in total. The summed E-state index contributed by atoms with van der Waals surface area (Å²) in [6.45, 7) is 1.93. The monoisotopic (exact) mass is 400 g/mol. The van der Waals surface area contributed by atoms with Crippen LogP contribution in [0.2, 0.25) is 0 Å². The van der Waals surface area contributed by atoms with Crippen LogP contribution in [0.15, 0.2) is 54.6 Å². The Bertz CT molecular complexity index is 860. The van der Waals surface area contributed by atoms with Crippen molar-refractivity contribution in [1.82, 2.24) is 0 Å². The molecule has 0 spiro atoms. The number of hydrogen-bond donors (Lipinski definition) is 3. The molecule has 2 aromatic carbocycles. The molecule has 0 aromatic heterocycles. The first-order valence-electron chi connectivity index (χ1n) is 7.87. The number of aryl methyl sites for hydroxylation is 1. The molecule has 0 fully saturated rings. The van der Waals surface area contributed by atoms with Crippen LogP contribution in [0.25, 0.3) is 0 Å². The van der Waals surface area contributed by atoms with Crippen molar-refractivity contribution < 1.29 is 32.1 Å². The maximum atomic E-state index is 11.4. The zero-order chi connectivity index (χ0) is 19.4. The molecule has 2 atom stereocenters. The van der Waals surface area contributed by atoms with Gasteiger partial charge in [-0.1, -0.05) is 48.0 Å². The number of hydrogen-bond acceptors (Lipinski definition) is 4. The normalized spacial score (nSPS) is 14.6. The van der Waals surface area contributed by atoms with E-state index in [1.807, 2.05) is 25.1 Å². The molecular formula is C17H21O7PS. The molecule has 0 bridgehead atoms. The molecule has 9 heteroatoms. The zero-order valence-corrected chi connectivity index (χ0v) is 15.8. The van der Waals surface area contributed by atoms with Gasteiger partial charge < -0.3 is 14.5 Å². The average Bonchev–Trinajstić information content (AvgIpc) is 2.54. The van der Waals surface area contributed by atoms with Gasteiger partial charge in [0.05, 0.1) is 0 Å². The molecule has 0 saturated heterocycles. The lowest BCUT2D eigenvalue weighted by Crippen LogP contribution is -2.22. The molecule has 2 rings (SSSR count). The molecular weight excluding hydrogens is 379 g/mol. The maximum absolute atomic E-state index is 11.4. The van der Waals surface area contributed by atoms with Crippen molar-refractivity contribution in [3.63, 3.8) is 0 Å². The van der Waals surface area contributed by atoms with Gasteiger partial charge in [0.2, 0.25) is 0 Å². The smallest absolute Gasteiger partial charge is 0.346 e. The van der Waals surface area contributed by atoms with Crippen LogP contribution >= 0.6 is 7.60 Å². The van der Waals surface area contributed by atoms with Gasteiger partial charge in [-0.05, 0) is 37.5 Å². The van der Waals surface area contributed by atoms with E-state index in [9.17, 15) is 22.8 Å². The minimum absolute atomic E-state index is 0.00649. The summed E-state index contributed by atoms with van der Waals surface area (Å²) in [6.07, 6.45) is -1.09. The van der Waals surface area contributed by atoms with Crippen molar-refractivity contribution in [1.29, 1.82) is 0 Å². The topological polar surface area (TPSA) is 121 Å². The Morgan fingerprint density at radius 1 is 1.00 bits per heavy atom. The number of ether oxygens (including phenoxy) is 1. The zero-order valence-electron chi connectivity index (χ0n) is 14.1. The molecule has 2 unspecified atom stereocenters. The van der Waals surface area contributed by atoms with Crippen LogP contribution < -0.4 is 4.74 Å². The Morgan fingerprint density at radius 3 is 2.08 bits per heavy atom. The van der Waals surface area contributed by atoms with Crippen molar-refractivity contribution >= 4 is 17.7 Å². The highest BCUT2D eigenvalue weighted by atomic mass is 32.2. The van der Waals surface area contributed by atoms with Crippen LogP contribution in [0.4, 0.5) is 0 Å². The highest BCUT2D eigenvalue weighted by Gasteiger charge is 2.40. The summed E-state index contributed by atoms with van der Waals surface area (Å²) in [5, 5.41) is 0. The highest BCUT2D eigenvalue weighted by molar-refractivity contribution is 7.93. The molecule has 0 radical (unpaired) electrons. The summed E-state index contributed by atoms with van der Waals surface area (Å²) >= 11 is 0. The van der Waals surface area contributed by atoms with Gasteiger partial charge in [-0.2, -0.15) is 8.42 Å². The Labute approximate surface area is 152 Å². The third-order valence-corrected chi connectivity index (χ3v) is 7.42. The molecule has 3 N–H and O–H groups in total. The van der Waals surface area contributed by atoms with Gasteiger partial charge in [0, 0.05) is 0 Å². The summed E-state index contributed by atoms with van der Waals surface area (Å²) in [6, 6.07) is 16.2. The summed E-state index contributed by atoms with van der Waals surface area (Å²) in [7, 11) is -9.93. The van der Waals surface area contributed by atoms with Gasteiger partial charge in [-0.15, -0.1) is 0 Å². The van der Waals surface area contributed by atoms with E-state index in [2.05, 4.69) is 0 Å². The largest absolute Gasteiger partial charge is 0.486 e. The van der Waals surface area contributed by atoms with Crippen LogP contribution in [0, 0.1) is 6.92 Å². The van der Waals surface area contributed by atoms with Crippen LogP contribution in [0.1, 0.15) is 30.1 Å². The summed E-state index contributed by atoms with van der Waals surface area (Å²) < 4.78 is 49.2. The van der Waals surface area contributed by atoms with E-state index < -0.39 is 35.2 Å². The third kappa shape index (κ3) is 5.93. The highest BCUT2D eigenvalue weighted by Crippen LogP contribution is 2.47. The minimum Gasteiger partial charge on any atom is -0.486 e. The predicted molar refractivity (Wildman–Crippen MR) is 97.6 cm³/mol. The van der Waals surface area contributed by atoms with Crippen molar-refractivity contribution in [2.75, 3.05) is 0 Å². The first-order chi connectivity index (χ1) is 12.1. The lowest BCUT2D eigenvalue weighted by atomic mass is 10.1. The van der Waals surface area contributed by atoms with Crippen LogP contribution in [-0.4, -0.2) is 27.7 Å². The standard InChI is InChI=1S/C17H21O7PS/c1-13-7-9-15(10-8-13)24-16(14-5-3-2-4-6-14)11-12-17(25(18,19)20)26(21,22)23/h2-10,16-17H,11-12H2,1H3,(H2,18,19,20)(H,21,22,23). The molecule has 26 heavy (non-hydrogen) atoms. The Balaban J connectivity index is 2.24. The summed E-state index contributed by atoms with van der Waals surface area (Å²) in [5.41, 5.74) is 1.77. The van der Waals surface area contributed by atoms with Crippen molar-refractivity contribution in [2.24, 2.45) is 0 Å². The van der Waals surface area contributed by atoms with Crippen LogP contribution in [0.5, 0.6) is 5.75 Å². The molecule has 142 valence electrons. The van der Waals surface area contributed by atoms with Crippen molar-refractivity contribution in [3.05, 3.63) is 65.7 Å². The Morgan fingerprint density at radius 2 is 1.58 bits per heavy atom. The van der Waals surface area contributed by atoms with Crippen molar-refractivity contribution in [3.8, 4) is 5.75 Å². The van der Waals surface area contributed by atoms with Gasteiger partial charge in [-0.3, -0.25) is 9.12 Å². The van der Waals surface area contributed by atoms with E-state index in [0.717, 1.165) is 11.1 Å². The number of rotatable bonds is 8. The van der Waals surface area contributed by atoms with Gasteiger partial charge in [0.15, 0.2) is 4.99 Å². The molecule has 2 aromatic rings. The molecule has 0 aliphatic carbocycles. The van der Waals surface area contributed by atoms with E-state index in [4.69, 9.17) is 9.29 Å². The van der Waals surface area contributed by atoms with Gasteiger partial charge in [0.1, 0.15) is 11.9 Å². The molecule has 0 heterocycles. The van der Waals surface area contributed by atoms with Crippen LogP contribution in [-0.2, 0) is 14.7 Å². The third-order valence-electron chi connectivity index (χ3n) is 3.87. The van der Waals surface area contributed by atoms with Crippen molar-refractivity contribution in [2.45, 2.75) is 30.9 Å². The molecule has 0 amide bonds. The predicted octanol–water partition coefficient (Wildman–Crippen LogP) is 3.29. The fourth-order valence-electron chi connectivity index (χ4n) is 2.53. The van der Waals surface area contributed by atoms with Gasteiger partial charge in [0.25, 0.3) is 10.1 Å². The van der Waals surface area contributed by atoms with E-state index in [-0.39, 0.29) is 6.42 Å². The Hall–Kier alpha value is -1.70. The van der Waals surface area contributed by atoms with E-state index in [1.54, 1.807) is 36.4 Å². The van der Waals surface area contributed by atoms with Gasteiger partial charge >= 0.3 is 7.60 Å². The Kier molecular flexibility index (Phi) is 6.60. The molecule has 0 saturated carbocycles. The summed E-state index contributed by atoms with van der Waals surface area (Å²) in [4.78, 5) is 16.3. The van der Waals surface area contributed by atoms with Gasteiger partial charge in [-0.25, -0.2) is 0 Å². The first-order valence-corrected chi connectivity index (χ1v) is 11.1. The fourth-order valence-corrected chi connectivity index (χ4v) is 4.83. The average molecular weight is 400 g/mol. The second-order valence-electron chi connectivity index (χ2n) is 5.97. The van der Waals surface area contributed by atoms with E-state index in [0.29, 0.717) is 5.75 Å². The van der Waals surface area contributed by atoms with E-state index in [1.165, 1.54) is 0 Å². The molecule has 0 aliphatic rings. The second-order valence-corrected chi connectivity index (χ2v) is 9.72. The van der Waals surface area contributed by atoms with Crippen LogP contribution in [0.3, 0.4) is 0 Å². The number of benzene rings is 2. The lowest BCUT2D eigenvalue weighted by Gasteiger charge is -2.22. The quantitative estimate of drug-likeness (QED) is 0.459. The maximum Gasteiger partial charge on any atom is 0.346 e. The minimum atomic E-state index is -5.03. The summed E-state index contributed by atoms with van der Waals surface area (Å²) in [5.74, 6) is 0.545. The second kappa shape index (κ2) is 8.33. The SMILES string of the molecule is Cc1ccc(OC(CCC(P(=O)(O)O)S(=O)(=O)O)c2ccccc2)cc1. The fraction of sp³-hybridized carbons (Fsp3) is 0.294. The lowest BCUT2D eigenvalue weighted by molar-refractivity contribution is 0.191. The van der Waals surface area contributed by atoms with E-state index >= 15 is 0 Å². The first kappa shape index (κ1) is 20.6.